The molecule has 0 aliphatic carbocycles. The fourth-order valence-electron chi connectivity index (χ4n) is 3.66. The minimum Gasteiger partial charge on any atom is -0.385 e. The molecule has 1 atom stereocenters. The van der Waals surface area contributed by atoms with Gasteiger partial charge in [0.15, 0.2) is 0 Å². The normalized spacial score (nSPS) is 24.5. The van der Waals surface area contributed by atoms with Gasteiger partial charge in [-0.05, 0) is 37.5 Å². The number of ether oxygens (including phenoxy) is 1. The fourth-order valence-corrected chi connectivity index (χ4v) is 3.79. The number of rotatable bonds is 4. The number of nitrogens with zero attached hydrogens (tertiary/aromatic N) is 2. The first-order valence-electron chi connectivity index (χ1n) is 8.59. The van der Waals surface area contributed by atoms with E-state index in [9.17, 15) is 5.11 Å². The molecule has 0 spiro atoms. The monoisotopic (exact) mass is 338 g/mol. The first-order chi connectivity index (χ1) is 11.1. The minimum absolute atomic E-state index is 0.542. The van der Waals surface area contributed by atoms with E-state index in [1.807, 2.05) is 24.3 Å². The summed E-state index contributed by atoms with van der Waals surface area (Å²) < 4.78 is 5.43. The summed E-state index contributed by atoms with van der Waals surface area (Å²) in [7, 11) is 0. The molecule has 2 fully saturated rings. The highest BCUT2D eigenvalue weighted by atomic mass is 35.5. The molecule has 0 radical (unpaired) electrons. The van der Waals surface area contributed by atoms with Crippen molar-refractivity contribution in [2.75, 3.05) is 45.9 Å². The molecule has 0 saturated carbocycles. The van der Waals surface area contributed by atoms with Crippen molar-refractivity contribution in [2.24, 2.45) is 0 Å². The second kappa shape index (κ2) is 7.49. The van der Waals surface area contributed by atoms with Gasteiger partial charge in [-0.2, -0.15) is 0 Å². The lowest BCUT2D eigenvalue weighted by molar-refractivity contribution is -0.0360. The van der Waals surface area contributed by atoms with E-state index in [0.29, 0.717) is 11.1 Å². The zero-order valence-electron chi connectivity index (χ0n) is 13.9. The van der Waals surface area contributed by atoms with Gasteiger partial charge >= 0.3 is 0 Å². The van der Waals surface area contributed by atoms with Crippen LogP contribution in [0.2, 0.25) is 5.02 Å². The molecule has 2 heterocycles. The van der Waals surface area contributed by atoms with Crippen molar-refractivity contribution in [1.82, 2.24) is 9.80 Å². The molecular formula is C18H27ClN2O2. The minimum atomic E-state index is -0.705. The molecule has 0 aromatic heterocycles. The molecule has 5 heteroatoms. The second-order valence-electron chi connectivity index (χ2n) is 6.84. The molecule has 128 valence electrons. The van der Waals surface area contributed by atoms with E-state index in [2.05, 4.69) is 16.7 Å². The molecule has 0 bridgehead atoms. The van der Waals surface area contributed by atoms with Gasteiger partial charge in [0.25, 0.3) is 0 Å². The molecule has 0 unspecified atom stereocenters. The Balaban J connectivity index is 1.52. The summed E-state index contributed by atoms with van der Waals surface area (Å²) in [4.78, 5) is 4.98. The molecule has 1 aromatic carbocycles. The lowest BCUT2D eigenvalue weighted by Crippen LogP contribution is -2.50. The number of benzene rings is 1. The zero-order chi connectivity index (χ0) is 16.3. The molecule has 2 saturated heterocycles. The summed E-state index contributed by atoms with van der Waals surface area (Å²) in [6.45, 7) is 9.00. The lowest BCUT2D eigenvalue weighted by Gasteiger charge is -2.41. The van der Waals surface area contributed by atoms with Gasteiger partial charge < -0.3 is 14.7 Å². The smallest absolute Gasteiger partial charge is 0.0920 e. The van der Waals surface area contributed by atoms with Crippen LogP contribution in [0.15, 0.2) is 24.3 Å². The molecule has 4 nitrogen and oxygen atoms in total. The highest BCUT2D eigenvalue weighted by molar-refractivity contribution is 6.30. The Morgan fingerprint density at radius 2 is 1.74 bits per heavy atom. The second-order valence-corrected chi connectivity index (χ2v) is 7.27. The number of aliphatic hydroxyl groups is 1. The number of hydrogen-bond acceptors (Lipinski definition) is 4. The Bertz CT molecular complexity index is 494. The number of morpholine rings is 1. The van der Waals surface area contributed by atoms with Crippen LogP contribution in [0.3, 0.4) is 0 Å². The van der Waals surface area contributed by atoms with E-state index in [1.165, 1.54) is 0 Å². The van der Waals surface area contributed by atoms with Gasteiger partial charge in [0.05, 0.1) is 18.8 Å². The fraction of sp³-hybridized carbons (Fsp3) is 0.667. The SMILES string of the molecule is C[C@H](CN1CCC(O)(c2ccc(Cl)cc2)CC1)N1CCOCC1. The number of piperidine rings is 1. The van der Waals surface area contributed by atoms with Crippen molar-refractivity contribution < 1.29 is 9.84 Å². The third kappa shape index (κ3) is 4.25. The van der Waals surface area contributed by atoms with E-state index in [4.69, 9.17) is 16.3 Å². The van der Waals surface area contributed by atoms with Gasteiger partial charge in [-0.3, -0.25) is 4.90 Å². The van der Waals surface area contributed by atoms with Crippen LogP contribution in [0.5, 0.6) is 0 Å². The Morgan fingerprint density at radius 3 is 2.35 bits per heavy atom. The molecule has 2 aliphatic rings. The van der Waals surface area contributed by atoms with Gasteiger partial charge in [0.1, 0.15) is 0 Å². The zero-order valence-corrected chi connectivity index (χ0v) is 14.6. The average molecular weight is 339 g/mol. The first-order valence-corrected chi connectivity index (χ1v) is 8.97. The maximum absolute atomic E-state index is 10.9. The summed E-state index contributed by atoms with van der Waals surface area (Å²) in [5.41, 5.74) is 0.284. The van der Waals surface area contributed by atoms with Crippen molar-refractivity contribution in [2.45, 2.75) is 31.4 Å². The molecule has 1 aromatic rings. The van der Waals surface area contributed by atoms with Gasteiger partial charge in [-0.25, -0.2) is 0 Å². The van der Waals surface area contributed by atoms with Crippen molar-refractivity contribution in [3.8, 4) is 0 Å². The van der Waals surface area contributed by atoms with Crippen LogP contribution in [-0.4, -0.2) is 66.9 Å². The molecule has 1 N–H and O–H groups in total. The highest BCUT2D eigenvalue weighted by Crippen LogP contribution is 2.33. The summed E-state index contributed by atoms with van der Waals surface area (Å²) in [5.74, 6) is 0. The van der Waals surface area contributed by atoms with Crippen LogP contribution in [0, 0.1) is 0 Å². The van der Waals surface area contributed by atoms with E-state index in [1.54, 1.807) is 0 Å². The Labute approximate surface area is 144 Å². The van der Waals surface area contributed by atoms with E-state index in [0.717, 1.165) is 64.3 Å². The molecular weight excluding hydrogens is 312 g/mol. The summed E-state index contributed by atoms with van der Waals surface area (Å²) in [6, 6.07) is 8.17. The van der Waals surface area contributed by atoms with Crippen LogP contribution >= 0.6 is 11.6 Å². The highest BCUT2D eigenvalue weighted by Gasteiger charge is 2.34. The van der Waals surface area contributed by atoms with Crippen LogP contribution in [-0.2, 0) is 10.3 Å². The standard InChI is InChI=1S/C18H27ClN2O2/c1-15(21-10-12-23-13-11-21)14-20-8-6-18(22,7-9-20)16-2-4-17(19)5-3-16/h2-5,15,22H,6-14H2,1H3/t15-/m1/s1. The summed E-state index contributed by atoms with van der Waals surface area (Å²) >= 11 is 5.95. The van der Waals surface area contributed by atoms with Crippen molar-refractivity contribution in [1.29, 1.82) is 0 Å². The van der Waals surface area contributed by atoms with Crippen LogP contribution < -0.4 is 0 Å². The maximum atomic E-state index is 10.9. The molecule has 23 heavy (non-hydrogen) atoms. The summed E-state index contributed by atoms with van der Waals surface area (Å²) in [6.07, 6.45) is 1.56. The van der Waals surface area contributed by atoms with Gasteiger partial charge in [-0.1, -0.05) is 23.7 Å². The maximum Gasteiger partial charge on any atom is 0.0920 e. The molecule has 3 rings (SSSR count). The summed E-state index contributed by atoms with van der Waals surface area (Å²) in [5, 5.41) is 11.7. The lowest BCUT2D eigenvalue weighted by atomic mass is 9.84. The van der Waals surface area contributed by atoms with Crippen LogP contribution in [0.4, 0.5) is 0 Å². The molecule has 2 aliphatic heterocycles. The predicted octanol–water partition coefficient (Wildman–Crippen LogP) is 2.34. The van der Waals surface area contributed by atoms with Crippen LogP contribution in [0.1, 0.15) is 25.3 Å². The van der Waals surface area contributed by atoms with Gasteiger partial charge in [0.2, 0.25) is 0 Å². The predicted molar refractivity (Wildman–Crippen MR) is 92.9 cm³/mol. The molecule has 0 amide bonds. The van der Waals surface area contributed by atoms with Crippen molar-refractivity contribution in [3.63, 3.8) is 0 Å². The van der Waals surface area contributed by atoms with E-state index < -0.39 is 5.60 Å². The van der Waals surface area contributed by atoms with Crippen molar-refractivity contribution in [3.05, 3.63) is 34.9 Å². The van der Waals surface area contributed by atoms with Gasteiger partial charge in [0, 0.05) is 43.8 Å². The average Bonchev–Trinajstić information content (AvgIpc) is 2.58. The third-order valence-electron chi connectivity index (χ3n) is 5.26. The number of likely N-dealkylation sites (tertiary alicyclic amines) is 1. The Hall–Kier alpha value is -0.650. The third-order valence-corrected chi connectivity index (χ3v) is 5.51. The first kappa shape index (κ1) is 17.2. The van der Waals surface area contributed by atoms with Crippen molar-refractivity contribution >= 4 is 11.6 Å². The van der Waals surface area contributed by atoms with E-state index in [-0.39, 0.29) is 0 Å². The Morgan fingerprint density at radius 1 is 1.13 bits per heavy atom. The Kier molecular flexibility index (Phi) is 5.60. The van der Waals surface area contributed by atoms with E-state index >= 15 is 0 Å². The largest absolute Gasteiger partial charge is 0.385 e. The topological polar surface area (TPSA) is 35.9 Å². The van der Waals surface area contributed by atoms with Crippen LogP contribution in [0.25, 0.3) is 0 Å². The quantitative estimate of drug-likeness (QED) is 0.914. The van der Waals surface area contributed by atoms with Gasteiger partial charge in [-0.15, -0.1) is 0 Å². The number of hydrogen-bond donors (Lipinski definition) is 1. The number of halogens is 1.